The van der Waals surface area contributed by atoms with Crippen LogP contribution in [0.3, 0.4) is 0 Å². The lowest BCUT2D eigenvalue weighted by atomic mass is 9.92. The maximum absolute atomic E-state index is 11.3. The lowest BCUT2D eigenvalue weighted by molar-refractivity contribution is -0.131. The van der Waals surface area contributed by atoms with Crippen LogP contribution in [0, 0.1) is 20.8 Å². The molecule has 0 amide bonds. The van der Waals surface area contributed by atoms with Crippen LogP contribution in [0.15, 0.2) is 66.7 Å². The number of hydrogen-bond acceptors (Lipinski definition) is 5. The van der Waals surface area contributed by atoms with Crippen LogP contribution < -0.4 is 4.74 Å². The molecule has 0 spiro atoms. The number of pyridine rings is 1. The van der Waals surface area contributed by atoms with Crippen molar-refractivity contribution in [3.63, 3.8) is 0 Å². The van der Waals surface area contributed by atoms with Crippen molar-refractivity contribution in [2.45, 2.75) is 27.2 Å². The van der Waals surface area contributed by atoms with Crippen molar-refractivity contribution < 1.29 is 23.1 Å². The molecular formula is C31H31NO5S. The molecule has 1 heterocycles. The summed E-state index contributed by atoms with van der Waals surface area (Å²) in [6.45, 7) is 6.52. The molecule has 7 heteroatoms. The van der Waals surface area contributed by atoms with Crippen LogP contribution in [-0.4, -0.2) is 43.1 Å². The maximum Gasteiger partial charge on any atom is 0.328 e. The van der Waals surface area contributed by atoms with E-state index in [1.165, 1.54) is 6.26 Å². The number of ether oxygens (including phenoxy) is 1. The van der Waals surface area contributed by atoms with Gasteiger partial charge in [-0.25, -0.2) is 18.2 Å². The fourth-order valence-corrected chi connectivity index (χ4v) is 5.23. The van der Waals surface area contributed by atoms with Crippen molar-refractivity contribution in [1.82, 2.24) is 4.98 Å². The third kappa shape index (κ3) is 6.66. The molecule has 4 aromatic rings. The van der Waals surface area contributed by atoms with E-state index in [0.717, 1.165) is 67.4 Å². The monoisotopic (exact) mass is 529 g/mol. The second-order valence-corrected chi connectivity index (χ2v) is 11.9. The SMILES string of the molecule is Cc1ccc(-c2c(C)cc(OCCCS(C)(=O)=O)cc2C)cc1-c1ccc2cc(/C=C/C(=O)O)ccc2n1. The minimum Gasteiger partial charge on any atom is -0.494 e. The van der Waals surface area contributed by atoms with Gasteiger partial charge in [0, 0.05) is 23.3 Å². The highest BCUT2D eigenvalue weighted by atomic mass is 32.2. The molecule has 6 nitrogen and oxygen atoms in total. The number of carboxylic acid groups (broad SMARTS) is 1. The number of carbonyl (C=O) groups is 1. The van der Waals surface area contributed by atoms with Crippen molar-refractivity contribution in [3.8, 4) is 28.1 Å². The fourth-order valence-electron chi connectivity index (χ4n) is 4.59. The molecule has 0 saturated carbocycles. The Bertz CT molecular complexity index is 1630. The number of aromatic nitrogens is 1. The number of carboxylic acids is 1. The van der Waals surface area contributed by atoms with Gasteiger partial charge in [-0.2, -0.15) is 0 Å². The first-order valence-electron chi connectivity index (χ1n) is 12.4. The van der Waals surface area contributed by atoms with Gasteiger partial charge in [-0.05, 0) is 103 Å². The molecule has 1 aromatic heterocycles. The van der Waals surface area contributed by atoms with E-state index in [0.29, 0.717) is 13.0 Å². The Hall–Kier alpha value is -3.97. The summed E-state index contributed by atoms with van der Waals surface area (Å²) in [5.41, 5.74) is 9.03. The number of aliphatic carboxylic acids is 1. The molecule has 38 heavy (non-hydrogen) atoms. The zero-order valence-corrected chi connectivity index (χ0v) is 22.8. The molecule has 4 rings (SSSR count). The van der Waals surface area contributed by atoms with Gasteiger partial charge in [-0.1, -0.05) is 24.3 Å². The highest BCUT2D eigenvalue weighted by molar-refractivity contribution is 7.90. The van der Waals surface area contributed by atoms with Gasteiger partial charge in [0.05, 0.1) is 23.6 Å². The van der Waals surface area contributed by atoms with Crippen LogP contribution in [-0.2, 0) is 14.6 Å². The molecule has 0 radical (unpaired) electrons. The summed E-state index contributed by atoms with van der Waals surface area (Å²) in [5.74, 6) is -0.134. The molecule has 0 aliphatic heterocycles. The van der Waals surface area contributed by atoms with Crippen LogP contribution in [0.25, 0.3) is 39.4 Å². The van der Waals surface area contributed by atoms with Gasteiger partial charge in [0.25, 0.3) is 0 Å². The van der Waals surface area contributed by atoms with E-state index in [2.05, 4.69) is 39.0 Å². The van der Waals surface area contributed by atoms with E-state index in [4.69, 9.17) is 14.8 Å². The lowest BCUT2D eigenvalue weighted by Crippen LogP contribution is -2.08. The van der Waals surface area contributed by atoms with Gasteiger partial charge in [-0.15, -0.1) is 0 Å². The number of hydrogen-bond donors (Lipinski definition) is 1. The zero-order chi connectivity index (χ0) is 27.4. The Morgan fingerprint density at radius 3 is 2.37 bits per heavy atom. The topological polar surface area (TPSA) is 93.6 Å². The predicted molar refractivity (Wildman–Crippen MR) is 153 cm³/mol. The second kappa shape index (κ2) is 11.2. The molecule has 0 fully saturated rings. The summed E-state index contributed by atoms with van der Waals surface area (Å²) >= 11 is 0. The molecule has 0 bridgehead atoms. The molecule has 0 aliphatic carbocycles. The van der Waals surface area contributed by atoms with Gasteiger partial charge < -0.3 is 9.84 Å². The fraction of sp³-hybridized carbons (Fsp3) is 0.226. The quantitative estimate of drug-likeness (QED) is 0.199. The van der Waals surface area contributed by atoms with E-state index in [1.54, 1.807) is 6.08 Å². The smallest absolute Gasteiger partial charge is 0.328 e. The van der Waals surface area contributed by atoms with Crippen LogP contribution in [0.2, 0.25) is 0 Å². The second-order valence-electron chi connectivity index (χ2n) is 9.61. The summed E-state index contributed by atoms with van der Waals surface area (Å²) in [6, 6.07) is 20.1. The average molecular weight is 530 g/mol. The Balaban J connectivity index is 1.62. The van der Waals surface area contributed by atoms with Crippen LogP contribution in [0.5, 0.6) is 5.75 Å². The first-order chi connectivity index (χ1) is 18.0. The van der Waals surface area contributed by atoms with Gasteiger partial charge in [-0.3, -0.25) is 0 Å². The molecule has 0 unspecified atom stereocenters. The van der Waals surface area contributed by atoms with Crippen molar-refractivity contribution >= 4 is 32.8 Å². The number of aryl methyl sites for hydroxylation is 3. The maximum atomic E-state index is 11.3. The number of nitrogens with zero attached hydrogens (tertiary/aromatic N) is 1. The van der Waals surface area contributed by atoms with Gasteiger partial charge in [0.15, 0.2) is 0 Å². The summed E-state index contributed by atoms with van der Waals surface area (Å²) in [5, 5.41) is 9.81. The predicted octanol–water partition coefficient (Wildman–Crippen LogP) is 6.41. The summed E-state index contributed by atoms with van der Waals surface area (Å²) < 4.78 is 28.5. The van der Waals surface area contributed by atoms with E-state index in [-0.39, 0.29) is 5.75 Å². The summed E-state index contributed by atoms with van der Waals surface area (Å²) in [6.07, 6.45) is 4.39. The van der Waals surface area contributed by atoms with Crippen molar-refractivity contribution in [3.05, 3.63) is 89.0 Å². The number of fused-ring (bicyclic) bond motifs is 1. The zero-order valence-electron chi connectivity index (χ0n) is 22.0. The van der Waals surface area contributed by atoms with Gasteiger partial charge in [0.1, 0.15) is 15.6 Å². The Morgan fingerprint density at radius 2 is 1.68 bits per heavy atom. The molecule has 0 saturated heterocycles. The molecule has 0 aliphatic rings. The first-order valence-corrected chi connectivity index (χ1v) is 14.4. The van der Waals surface area contributed by atoms with E-state index in [1.807, 2.05) is 42.5 Å². The number of rotatable bonds is 9. The number of benzene rings is 3. The molecule has 196 valence electrons. The normalized spacial score (nSPS) is 11.8. The van der Waals surface area contributed by atoms with Crippen molar-refractivity contribution in [2.24, 2.45) is 0 Å². The average Bonchev–Trinajstić information content (AvgIpc) is 2.85. The largest absolute Gasteiger partial charge is 0.494 e. The Morgan fingerprint density at radius 1 is 0.947 bits per heavy atom. The third-order valence-corrected chi connectivity index (χ3v) is 7.40. The van der Waals surface area contributed by atoms with Crippen LogP contribution in [0.4, 0.5) is 0 Å². The van der Waals surface area contributed by atoms with Gasteiger partial charge >= 0.3 is 5.97 Å². The van der Waals surface area contributed by atoms with Crippen molar-refractivity contribution in [1.29, 1.82) is 0 Å². The summed E-state index contributed by atoms with van der Waals surface area (Å²) in [4.78, 5) is 15.7. The van der Waals surface area contributed by atoms with E-state index >= 15 is 0 Å². The van der Waals surface area contributed by atoms with Crippen LogP contribution >= 0.6 is 0 Å². The molecule has 3 aromatic carbocycles. The highest BCUT2D eigenvalue weighted by Gasteiger charge is 2.13. The minimum absolute atomic E-state index is 0.112. The molecule has 1 N–H and O–H groups in total. The van der Waals surface area contributed by atoms with E-state index in [9.17, 15) is 13.2 Å². The van der Waals surface area contributed by atoms with Crippen LogP contribution in [0.1, 0.15) is 28.7 Å². The Kier molecular flexibility index (Phi) is 7.97. The lowest BCUT2D eigenvalue weighted by Gasteiger charge is -2.16. The van der Waals surface area contributed by atoms with E-state index < -0.39 is 15.8 Å². The molecular weight excluding hydrogens is 498 g/mol. The molecule has 0 atom stereocenters. The number of sulfone groups is 1. The standard InChI is InChI=1S/C31H31NO5S/c1-20-6-9-25(31-21(2)16-26(17-22(31)3)37-14-5-15-38(4,35)36)19-27(20)29-12-10-24-18-23(8-13-30(33)34)7-11-28(24)32-29/h6-13,16-19H,5,14-15H2,1-4H3,(H,33,34)/b13-8+. The third-order valence-electron chi connectivity index (χ3n) is 6.37. The minimum atomic E-state index is -3.00. The summed E-state index contributed by atoms with van der Waals surface area (Å²) in [7, 11) is -3.00. The van der Waals surface area contributed by atoms with Crippen molar-refractivity contribution in [2.75, 3.05) is 18.6 Å². The van der Waals surface area contributed by atoms with Gasteiger partial charge in [0.2, 0.25) is 0 Å². The Labute approximate surface area is 223 Å². The first kappa shape index (κ1) is 27.1. The highest BCUT2D eigenvalue weighted by Crippen LogP contribution is 2.35.